The summed E-state index contributed by atoms with van der Waals surface area (Å²) in [4.78, 5) is 51.6. The Bertz CT molecular complexity index is 1230. The van der Waals surface area contributed by atoms with E-state index in [4.69, 9.17) is 11.5 Å². The van der Waals surface area contributed by atoms with Crippen LogP contribution in [0, 0.1) is 11.8 Å². The van der Waals surface area contributed by atoms with E-state index in [1.54, 1.807) is 14.1 Å². The van der Waals surface area contributed by atoms with Gasteiger partial charge in [-0.2, -0.15) is 0 Å². The van der Waals surface area contributed by atoms with Gasteiger partial charge in [-0.05, 0) is 50.0 Å². The summed E-state index contributed by atoms with van der Waals surface area (Å²) in [6, 6.07) is 1.65. The maximum Gasteiger partial charge on any atom is 0.255 e. The predicted molar refractivity (Wildman–Crippen MR) is 117 cm³/mol. The lowest BCUT2D eigenvalue weighted by Crippen LogP contribution is -2.63. The molecule has 0 fully saturated rings. The Kier molecular flexibility index (Phi) is 5.29. The molecule has 11 heteroatoms. The molecule has 34 heavy (non-hydrogen) atoms. The fourth-order valence-corrected chi connectivity index (χ4v) is 5.67. The number of likely N-dealkylation sites (N-methyl/N-ethyl adjacent to an activating group) is 1. The zero-order chi connectivity index (χ0) is 25.3. The molecular weight excluding hydrogens is 446 g/mol. The van der Waals surface area contributed by atoms with Crippen molar-refractivity contribution in [1.82, 2.24) is 4.90 Å². The van der Waals surface area contributed by atoms with Crippen LogP contribution in [-0.4, -0.2) is 74.4 Å². The highest BCUT2D eigenvalue weighted by Crippen LogP contribution is 2.52. The average Bonchev–Trinajstić information content (AvgIpc) is 2.72. The van der Waals surface area contributed by atoms with Crippen LogP contribution in [0.5, 0.6) is 5.75 Å². The minimum atomic E-state index is -2.69. The van der Waals surface area contributed by atoms with E-state index in [0.717, 1.165) is 0 Å². The minimum absolute atomic E-state index is 0.0303. The van der Waals surface area contributed by atoms with Crippen LogP contribution in [-0.2, 0) is 27.2 Å². The molecule has 0 saturated carbocycles. The number of phenolic OH excluding ortho intramolecular Hbond substituents is 1. The molecule has 0 heterocycles. The lowest BCUT2D eigenvalue weighted by atomic mass is 9.58. The number of hydrogen-bond donors (Lipinski definition) is 6. The number of carbonyl (C=O) groups is 4. The number of allylic oxidation sites excluding steroid dienone is 1. The summed E-state index contributed by atoms with van der Waals surface area (Å²) in [5.74, 6) is -7.82. The number of primary amides is 2. The number of benzene rings is 1. The van der Waals surface area contributed by atoms with E-state index >= 15 is 0 Å². The van der Waals surface area contributed by atoms with E-state index < -0.39 is 69.7 Å². The Morgan fingerprint density at radius 1 is 1.15 bits per heavy atom. The Balaban J connectivity index is 1.95. The molecule has 2 amide bonds. The molecule has 0 aromatic heterocycles. The highest BCUT2D eigenvalue weighted by Gasteiger charge is 2.63. The van der Waals surface area contributed by atoms with E-state index in [1.165, 1.54) is 17.0 Å². The smallest absolute Gasteiger partial charge is 0.255 e. The number of aromatic hydroxyl groups is 1. The maximum atomic E-state index is 13.5. The van der Waals surface area contributed by atoms with E-state index in [1.807, 2.05) is 0 Å². The average molecular weight is 471 g/mol. The van der Waals surface area contributed by atoms with Crippen molar-refractivity contribution in [3.05, 3.63) is 51.5 Å². The fraction of sp³-hybridized carbons (Fsp3) is 0.391. The highest BCUT2D eigenvalue weighted by molar-refractivity contribution is 6.24. The van der Waals surface area contributed by atoms with Crippen molar-refractivity contribution in [1.29, 1.82) is 0 Å². The number of nitrogens with two attached hydrogens (primary N) is 2. The van der Waals surface area contributed by atoms with Gasteiger partial charge in [0.2, 0.25) is 11.7 Å². The molecule has 180 valence electrons. The second kappa shape index (κ2) is 7.67. The van der Waals surface area contributed by atoms with Gasteiger partial charge in [-0.15, -0.1) is 0 Å². The van der Waals surface area contributed by atoms with E-state index in [2.05, 4.69) is 0 Å². The molecule has 0 unspecified atom stereocenters. The van der Waals surface area contributed by atoms with Crippen molar-refractivity contribution in [2.24, 2.45) is 23.3 Å². The van der Waals surface area contributed by atoms with Gasteiger partial charge in [0.05, 0.1) is 18.0 Å². The number of aliphatic hydroxyl groups excluding tert-OH is 2. The van der Waals surface area contributed by atoms with Crippen LogP contribution in [0.3, 0.4) is 0 Å². The van der Waals surface area contributed by atoms with Crippen LogP contribution >= 0.6 is 0 Å². The summed E-state index contributed by atoms with van der Waals surface area (Å²) in [5.41, 5.74) is 7.48. The molecule has 0 spiro atoms. The first-order chi connectivity index (χ1) is 15.8. The lowest BCUT2D eigenvalue weighted by molar-refractivity contribution is -0.148. The molecule has 4 rings (SSSR count). The highest BCUT2D eigenvalue weighted by atomic mass is 16.3. The van der Waals surface area contributed by atoms with Gasteiger partial charge in [0.15, 0.2) is 11.4 Å². The van der Waals surface area contributed by atoms with Gasteiger partial charge in [-0.1, -0.05) is 6.07 Å². The van der Waals surface area contributed by atoms with Crippen LogP contribution in [0.25, 0.3) is 0 Å². The standard InChI is InChI=1S/C23H25N3O8/c1-26(2)17-11-6-9-5-10-8(7-13(24)28)3-4-12(27)15(10)18(29)14(9)20(31)23(11,34)21(32)16(19(17)30)22(25)33/h3-4,9,11,17,27,30-31,34H,5-7H2,1-2H3,(H2,24,28)(H2,25,33)/t9-,11-,17-,23-/m0/s1. The zero-order valence-corrected chi connectivity index (χ0v) is 18.5. The van der Waals surface area contributed by atoms with Crippen molar-refractivity contribution in [2.45, 2.75) is 30.9 Å². The third kappa shape index (κ3) is 3.04. The molecule has 8 N–H and O–H groups in total. The Hall–Kier alpha value is -3.70. The summed E-state index contributed by atoms with van der Waals surface area (Å²) in [7, 11) is 3.10. The molecular formula is C23H25N3O8. The fourth-order valence-electron chi connectivity index (χ4n) is 5.67. The Morgan fingerprint density at radius 2 is 1.79 bits per heavy atom. The molecule has 1 aromatic rings. The number of amides is 2. The summed E-state index contributed by atoms with van der Waals surface area (Å²) in [6.07, 6.45) is -0.103. The third-order valence-corrected chi connectivity index (χ3v) is 7.07. The largest absolute Gasteiger partial charge is 0.510 e. The lowest BCUT2D eigenvalue weighted by Gasteiger charge is -2.50. The van der Waals surface area contributed by atoms with Crippen molar-refractivity contribution < 1.29 is 39.6 Å². The summed E-state index contributed by atoms with van der Waals surface area (Å²) >= 11 is 0. The number of aliphatic hydroxyl groups is 3. The SMILES string of the molecule is CN(C)[C@@H]1C(O)=C(C(N)=O)C(=O)[C@@]2(O)C(O)=C3C(=O)c4c(O)ccc(CC(N)=O)c4C[C@H]3C[C@@H]12. The van der Waals surface area contributed by atoms with Gasteiger partial charge in [0.25, 0.3) is 5.91 Å². The topological polar surface area (TPSA) is 204 Å². The number of Topliss-reactive ketones (excluding diaryl/α,β-unsaturated/α-hetero) is 2. The molecule has 0 aliphatic heterocycles. The van der Waals surface area contributed by atoms with Gasteiger partial charge in [-0.25, -0.2) is 0 Å². The Morgan fingerprint density at radius 3 is 2.35 bits per heavy atom. The van der Waals surface area contributed by atoms with E-state index in [9.17, 15) is 39.6 Å². The molecule has 1 aromatic carbocycles. The molecule has 3 aliphatic carbocycles. The summed E-state index contributed by atoms with van der Waals surface area (Å²) < 4.78 is 0. The van der Waals surface area contributed by atoms with Crippen LogP contribution in [0.2, 0.25) is 0 Å². The second-order valence-corrected chi connectivity index (χ2v) is 9.20. The third-order valence-electron chi connectivity index (χ3n) is 7.07. The van der Waals surface area contributed by atoms with Crippen molar-refractivity contribution >= 4 is 23.4 Å². The van der Waals surface area contributed by atoms with E-state index in [-0.39, 0.29) is 30.4 Å². The van der Waals surface area contributed by atoms with Crippen LogP contribution in [0.4, 0.5) is 0 Å². The van der Waals surface area contributed by atoms with Crippen molar-refractivity contribution in [2.75, 3.05) is 14.1 Å². The second-order valence-electron chi connectivity index (χ2n) is 9.20. The number of fused-ring (bicyclic) bond motifs is 3. The number of ketones is 2. The molecule has 11 nitrogen and oxygen atoms in total. The first-order valence-electron chi connectivity index (χ1n) is 10.6. The quantitative estimate of drug-likeness (QED) is 0.302. The maximum absolute atomic E-state index is 13.5. The zero-order valence-electron chi connectivity index (χ0n) is 18.5. The molecule has 0 radical (unpaired) electrons. The molecule has 4 atom stereocenters. The molecule has 0 bridgehead atoms. The van der Waals surface area contributed by atoms with Gasteiger partial charge < -0.3 is 31.9 Å². The van der Waals surface area contributed by atoms with Crippen LogP contribution in [0.15, 0.2) is 34.8 Å². The van der Waals surface area contributed by atoms with Crippen molar-refractivity contribution in [3.8, 4) is 5.75 Å². The minimum Gasteiger partial charge on any atom is -0.510 e. The van der Waals surface area contributed by atoms with Crippen LogP contribution < -0.4 is 11.5 Å². The van der Waals surface area contributed by atoms with Crippen LogP contribution in [0.1, 0.15) is 27.9 Å². The summed E-state index contributed by atoms with van der Waals surface area (Å²) in [5, 5.41) is 43.8. The first-order valence-corrected chi connectivity index (χ1v) is 10.6. The van der Waals surface area contributed by atoms with Gasteiger partial charge in [0, 0.05) is 11.5 Å². The first kappa shape index (κ1) is 23.5. The molecule has 0 saturated heterocycles. The number of hydrogen-bond acceptors (Lipinski definition) is 9. The van der Waals surface area contributed by atoms with Gasteiger partial charge in [-0.3, -0.25) is 24.1 Å². The normalized spacial score (nSPS) is 28.5. The number of phenols is 1. The van der Waals surface area contributed by atoms with Crippen molar-refractivity contribution in [3.63, 3.8) is 0 Å². The van der Waals surface area contributed by atoms with E-state index in [0.29, 0.717) is 11.1 Å². The van der Waals surface area contributed by atoms with Gasteiger partial charge in [0.1, 0.15) is 22.8 Å². The number of carbonyl (C=O) groups excluding carboxylic acids is 4. The summed E-state index contributed by atoms with van der Waals surface area (Å²) in [6.45, 7) is 0. The monoisotopic (exact) mass is 471 g/mol. The number of rotatable bonds is 4. The Labute approximate surface area is 194 Å². The van der Waals surface area contributed by atoms with Gasteiger partial charge >= 0.3 is 0 Å². The molecule has 3 aliphatic rings. The predicted octanol–water partition coefficient (Wildman–Crippen LogP) is -0.852. The number of nitrogens with zero attached hydrogens (tertiary/aromatic N) is 1.